The predicted octanol–water partition coefficient (Wildman–Crippen LogP) is 4.25. The number of ether oxygens (including phenoxy) is 2. The summed E-state index contributed by atoms with van der Waals surface area (Å²) in [5, 5.41) is 16.0. The Kier molecular flexibility index (Phi) is 15.3. The van der Waals surface area contributed by atoms with Gasteiger partial charge >= 0.3 is 12.2 Å². The van der Waals surface area contributed by atoms with Crippen molar-refractivity contribution >= 4 is 24.0 Å². The molecule has 0 aliphatic rings. The van der Waals surface area contributed by atoms with E-state index in [1.165, 1.54) is 0 Å². The maximum absolute atomic E-state index is 15.8. The zero-order valence-electron chi connectivity index (χ0n) is 27.9. The summed E-state index contributed by atoms with van der Waals surface area (Å²) in [6.45, 7) is 13.4. The van der Waals surface area contributed by atoms with Crippen molar-refractivity contribution in [3.8, 4) is 0 Å². The molecule has 4 atom stereocenters. The smallest absolute Gasteiger partial charge is 0.416 e. The van der Waals surface area contributed by atoms with Gasteiger partial charge in [-0.2, -0.15) is 0 Å². The normalized spacial score (nSPS) is 14.8. The first-order valence-electron chi connectivity index (χ1n) is 15.3. The van der Waals surface area contributed by atoms with Gasteiger partial charge in [0.15, 0.2) is 0 Å². The van der Waals surface area contributed by atoms with E-state index in [9.17, 15) is 24.3 Å². The third-order valence-electron chi connectivity index (χ3n) is 6.56. The van der Waals surface area contributed by atoms with Crippen LogP contribution < -0.4 is 16.4 Å². The van der Waals surface area contributed by atoms with Crippen molar-refractivity contribution < 1.29 is 42.5 Å². The highest BCUT2D eigenvalue weighted by Gasteiger charge is 2.48. The summed E-state index contributed by atoms with van der Waals surface area (Å²) in [5.74, 6) is -6.90. The van der Waals surface area contributed by atoms with Crippen LogP contribution >= 0.6 is 0 Å². The van der Waals surface area contributed by atoms with Crippen LogP contribution in [-0.4, -0.2) is 82.9 Å². The largest absolute Gasteiger partial charge is 0.449 e. The van der Waals surface area contributed by atoms with Crippen LogP contribution in [0.25, 0.3) is 0 Å². The van der Waals surface area contributed by atoms with Crippen molar-refractivity contribution in [3.05, 3.63) is 35.9 Å². The molecule has 0 saturated heterocycles. The minimum Gasteiger partial charge on any atom is -0.449 e. The van der Waals surface area contributed by atoms with E-state index in [4.69, 9.17) is 15.2 Å². The molecule has 0 aliphatic heterocycles. The number of alkyl carbamates (subject to hydrolysis) is 1. The molecule has 0 fully saturated rings. The molecule has 0 heterocycles. The number of halogens is 2. The third-order valence-corrected chi connectivity index (χ3v) is 6.56. The van der Waals surface area contributed by atoms with E-state index in [-0.39, 0.29) is 36.2 Å². The molecule has 0 bridgehead atoms. The van der Waals surface area contributed by atoms with Crippen molar-refractivity contribution in [3.63, 3.8) is 0 Å². The third kappa shape index (κ3) is 14.1. The number of nitrogens with zero attached hydrogens (tertiary/aromatic N) is 1. The van der Waals surface area contributed by atoms with E-state index >= 15 is 8.78 Å². The van der Waals surface area contributed by atoms with Crippen molar-refractivity contribution in [2.24, 2.45) is 23.5 Å². The minimum absolute atomic E-state index is 0.00383. The lowest BCUT2D eigenvalue weighted by molar-refractivity contribution is -0.155. The van der Waals surface area contributed by atoms with Gasteiger partial charge < -0.3 is 30.9 Å². The first kappa shape index (κ1) is 39.7. The lowest BCUT2D eigenvalue weighted by Crippen LogP contribution is -2.61. The Bertz CT molecular complexity index is 1110. The van der Waals surface area contributed by atoms with Crippen LogP contribution in [0.15, 0.2) is 30.3 Å². The molecule has 11 nitrogen and oxygen atoms in total. The quantitative estimate of drug-likeness (QED) is 0.221. The lowest BCUT2D eigenvalue weighted by Gasteiger charge is -2.35. The van der Waals surface area contributed by atoms with Gasteiger partial charge in [0.1, 0.15) is 17.7 Å². The maximum atomic E-state index is 15.8. The topological polar surface area (TPSA) is 160 Å². The highest BCUT2D eigenvalue weighted by atomic mass is 19.3. The molecular formula is C32H52F2N4O7. The molecule has 0 radical (unpaired) electrons. The van der Waals surface area contributed by atoms with Gasteiger partial charge in [0.05, 0.1) is 25.2 Å². The molecule has 1 aromatic carbocycles. The minimum atomic E-state index is -4.09. The van der Waals surface area contributed by atoms with Crippen molar-refractivity contribution in [1.29, 1.82) is 0 Å². The Morgan fingerprint density at radius 3 is 2.02 bits per heavy atom. The van der Waals surface area contributed by atoms with Crippen LogP contribution in [0.2, 0.25) is 0 Å². The molecule has 4 amide bonds. The molecule has 0 saturated carbocycles. The Balaban J connectivity index is 3.34. The Morgan fingerprint density at radius 1 is 0.956 bits per heavy atom. The number of amides is 4. The van der Waals surface area contributed by atoms with Gasteiger partial charge in [-0.15, -0.1) is 0 Å². The maximum Gasteiger partial charge on any atom is 0.416 e. The van der Waals surface area contributed by atoms with Gasteiger partial charge in [-0.25, -0.2) is 23.3 Å². The predicted molar refractivity (Wildman–Crippen MR) is 166 cm³/mol. The summed E-state index contributed by atoms with van der Waals surface area (Å²) in [6, 6.07) is 4.67. The van der Waals surface area contributed by atoms with E-state index in [2.05, 4.69) is 10.6 Å². The number of imide groups is 1. The van der Waals surface area contributed by atoms with Crippen molar-refractivity contribution in [1.82, 2.24) is 15.5 Å². The summed E-state index contributed by atoms with van der Waals surface area (Å²) < 4.78 is 42.0. The van der Waals surface area contributed by atoms with Gasteiger partial charge in [0.2, 0.25) is 11.8 Å². The molecule has 0 aromatic heterocycles. The number of nitrogens with two attached hydrogens (primary N) is 1. The SMILES string of the molecule is CC(C)COC(=O)N(CC(F)(F)C(O)C(CC(C)C)NC(=O)[C@H](Cc1ccccc1)NC(=O)OC(C)(C)C)C(=O)[C@@H](N)C(C)C. The van der Waals surface area contributed by atoms with Crippen molar-refractivity contribution in [2.45, 2.75) is 111 Å². The summed E-state index contributed by atoms with van der Waals surface area (Å²) in [5.41, 5.74) is 5.72. The van der Waals surface area contributed by atoms with Gasteiger partial charge in [-0.05, 0) is 50.5 Å². The Labute approximate surface area is 265 Å². The van der Waals surface area contributed by atoms with E-state index in [0.29, 0.717) is 5.56 Å². The van der Waals surface area contributed by atoms with E-state index < -0.39 is 72.2 Å². The number of aliphatic hydroxyl groups excluding tert-OH is 1. The number of nitrogens with one attached hydrogen (secondary N) is 2. The Hall–Kier alpha value is -3.32. The van der Waals surface area contributed by atoms with E-state index in [0.717, 1.165) is 0 Å². The molecule has 1 aromatic rings. The fourth-order valence-electron chi connectivity index (χ4n) is 4.18. The van der Waals surface area contributed by atoms with E-state index in [1.807, 2.05) is 0 Å². The second kappa shape index (κ2) is 17.4. The van der Waals surface area contributed by atoms with Crippen LogP contribution in [0.5, 0.6) is 0 Å². The number of hydrogen-bond donors (Lipinski definition) is 4. The summed E-state index contributed by atoms with van der Waals surface area (Å²) in [7, 11) is 0. The standard InChI is InChI=1S/C32H52F2N4O7/c1-19(2)15-23(36-27(40)24(16-22-13-11-10-12-14-22)37-29(42)45-31(7,8)9)26(39)32(33,34)18-38(28(41)25(35)21(5)6)30(43)44-17-20(3)4/h10-14,19-21,23-26,39H,15-18,35H2,1-9H3,(H,36,40)(H,37,42)/t23?,24-,25-,26?/m0/s1. The highest BCUT2D eigenvalue weighted by Crippen LogP contribution is 2.27. The van der Waals surface area contributed by atoms with Crippen molar-refractivity contribution in [2.75, 3.05) is 13.2 Å². The molecule has 256 valence electrons. The van der Waals surface area contributed by atoms with Gasteiger partial charge in [-0.1, -0.05) is 71.9 Å². The summed E-state index contributed by atoms with van der Waals surface area (Å²) >= 11 is 0. The number of hydrogen-bond acceptors (Lipinski definition) is 8. The fourth-order valence-corrected chi connectivity index (χ4v) is 4.18. The molecule has 45 heavy (non-hydrogen) atoms. The highest BCUT2D eigenvalue weighted by molar-refractivity contribution is 5.95. The monoisotopic (exact) mass is 642 g/mol. The Morgan fingerprint density at radius 2 is 1.53 bits per heavy atom. The molecule has 1 rings (SSSR count). The fraction of sp³-hybridized carbons (Fsp3) is 0.688. The average Bonchev–Trinajstić information content (AvgIpc) is 2.91. The first-order chi connectivity index (χ1) is 20.6. The van der Waals surface area contributed by atoms with Gasteiger partial charge in [-0.3, -0.25) is 9.59 Å². The number of rotatable bonds is 15. The molecule has 2 unspecified atom stereocenters. The number of carbonyl (C=O) groups is 4. The van der Waals surface area contributed by atoms with Crippen LogP contribution in [0.4, 0.5) is 18.4 Å². The van der Waals surface area contributed by atoms with Crippen LogP contribution in [0, 0.1) is 17.8 Å². The van der Waals surface area contributed by atoms with Gasteiger partial charge in [0.25, 0.3) is 5.92 Å². The number of benzene rings is 1. The molecule has 0 aliphatic carbocycles. The molecule has 5 N–H and O–H groups in total. The summed E-state index contributed by atoms with van der Waals surface area (Å²) in [4.78, 5) is 52.2. The van der Waals surface area contributed by atoms with Crippen LogP contribution in [0.3, 0.4) is 0 Å². The second-order valence-electron chi connectivity index (χ2n) is 13.5. The molecular weight excluding hydrogens is 590 g/mol. The number of aliphatic hydroxyl groups is 1. The van der Waals surface area contributed by atoms with Crippen LogP contribution in [0.1, 0.15) is 74.3 Å². The summed E-state index contributed by atoms with van der Waals surface area (Å²) in [6.07, 6.45) is -4.83. The zero-order chi connectivity index (χ0) is 34.7. The van der Waals surface area contributed by atoms with Gasteiger partial charge in [0, 0.05) is 6.42 Å². The lowest BCUT2D eigenvalue weighted by atomic mass is 9.94. The average molecular weight is 643 g/mol. The zero-order valence-corrected chi connectivity index (χ0v) is 27.9. The van der Waals surface area contributed by atoms with Crippen LogP contribution in [-0.2, 0) is 25.5 Å². The second-order valence-corrected chi connectivity index (χ2v) is 13.5. The molecule has 13 heteroatoms. The number of alkyl halides is 2. The van der Waals surface area contributed by atoms with E-state index in [1.54, 1.807) is 92.6 Å². The number of carbonyl (C=O) groups excluding carboxylic acids is 4. The first-order valence-corrected chi connectivity index (χ1v) is 15.3. The molecule has 0 spiro atoms.